The van der Waals surface area contributed by atoms with Crippen LogP contribution in [0.1, 0.15) is 0 Å². The lowest BCUT2D eigenvalue weighted by molar-refractivity contribution is 0.394. The summed E-state index contributed by atoms with van der Waals surface area (Å²) in [5.74, 6) is 1.07. The molecule has 124 valence electrons. The maximum Gasteiger partial charge on any atom is 0.427 e. The quantitative estimate of drug-likeness (QED) is 0.408. The van der Waals surface area contributed by atoms with Gasteiger partial charge in [-0.05, 0) is 45.8 Å². The monoisotopic (exact) mass is 348 g/mol. The van der Waals surface area contributed by atoms with Crippen LogP contribution >= 0.6 is 7.60 Å². The molecular weight excluding hydrogens is 331 g/mol. The van der Waals surface area contributed by atoms with E-state index in [0.717, 1.165) is 21.5 Å². The van der Waals surface area contributed by atoms with E-state index in [2.05, 4.69) is 0 Å². The second-order valence-electron chi connectivity index (χ2n) is 5.97. The predicted octanol–water partition coefficient (Wildman–Crippen LogP) is 6.27. The molecule has 25 heavy (non-hydrogen) atoms. The number of benzene rings is 4. The molecule has 0 amide bonds. The third kappa shape index (κ3) is 3.52. The Morgan fingerprint density at radius 1 is 0.600 bits per heavy atom. The molecule has 0 aliphatic carbocycles. The third-order valence-electron chi connectivity index (χ3n) is 3.98. The Hall–Kier alpha value is -2.77. The third-order valence-corrected chi connectivity index (χ3v) is 5.07. The first kappa shape index (κ1) is 15.7. The van der Waals surface area contributed by atoms with Crippen LogP contribution in [0.25, 0.3) is 21.5 Å². The smallest absolute Gasteiger partial charge is 0.416 e. The second kappa shape index (κ2) is 6.27. The number of hydrogen-bond acceptors (Lipinski definition) is 3. The highest BCUT2D eigenvalue weighted by Gasteiger charge is 2.20. The van der Waals surface area contributed by atoms with E-state index in [0.29, 0.717) is 11.5 Å². The average molecular weight is 348 g/mol. The number of rotatable bonds is 4. The van der Waals surface area contributed by atoms with Crippen LogP contribution < -0.4 is 9.05 Å². The first-order valence-corrected chi connectivity index (χ1v) is 10.0. The Kier molecular flexibility index (Phi) is 3.95. The predicted molar refractivity (Wildman–Crippen MR) is 103 cm³/mol. The highest BCUT2D eigenvalue weighted by molar-refractivity contribution is 7.53. The average Bonchev–Trinajstić information content (AvgIpc) is 2.61. The van der Waals surface area contributed by atoms with Crippen molar-refractivity contribution in [2.24, 2.45) is 0 Å². The molecule has 0 N–H and O–H groups in total. The molecule has 0 aliphatic rings. The molecule has 0 atom stereocenters. The lowest BCUT2D eigenvalue weighted by Gasteiger charge is -2.17. The van der Waals surface area contributed by atoms with Gasteiger partial charge in [-0.15, -0.1) is 0 Å². The van der Waals surface area contributed by atoms with Crippen LogP contribution in [-0.2, 0) is 4.57 Å². The van der Waals surface area contributed by atoms with Gasteiger partial charge in [0.1, 0.15) is 11.5 Å². The largest absolute Gasteiger partial charge is 0.427 e. The molecule has 4 heteroatoms. The molecule has 0 spiro atoms. The molecule has 0 saturated heterocycles. The van der Waals surface area contributed by atoms with Crippen LogP contribution in [0.5, 0.6) is 11.5 Å². The van der Waals surface area contributed by atoms with Gasteiger partial charge in [0.2, 0.25) is 0 Å². The van der Waals surface area contributed by atoms with E-state index in [1.54, 1.807) is 0 Å². The van der Waals surface area contributed by atoms with Crippen LogP contribution in [0.15, 0.2) is 84.9 Å². The molecule has 0 radical (unpaired) electrons. The molecule has 4 aromatic carbocycles. The number of fused-ring (bicyclic) bond motifs is 2. The van der Waals surface area contributed by atoms with Gasteiger partial charge in [0, 0.05) is 0 Å². The van der Waals surface area contributed by atoms with Crippen LogP contribution in [0, 0.1) is 0 Å². The summed E-state index contributed by atoms with van der Waals surface area (Å²) in [5.41, 5.74) is 0. The van der Waals surface area contributed by atoms with E-state index in [1.807, 2.05) is 84.9 Å². The fourth-order valence-corrected chi connectivity index (χ4v) is 3.88. The van der Waals surface area contributed by atoms with Crippen molar-refractivity contribution in [3.63, 3.8) is 0 Å². The van der Waals surface area contributed by atoms with Crippen molar-refractivity contribution < 1.29 is 13.6 Å². The van der Waals surface area contributed by atoms with E-state index in [1.165, 1.54) is 6.66 Å². The van der Waals surface area contributed by atoms with Crippen LogP contribution in [-0.4, -0.2) is 6.66 Å². The molecule has 3 nitrogen and oxygen atoms in total. The summed E-state index contributed by atoms with van der Waals surface area (Å²) >= 11 is 0. The second-order valence-corrected chi connectivity index (χ2v) is 7.88. The first-order valence-electron chi connectivity index (χ1n) is 8.03. The minimum absolute atomic E-state index is 0.533. The van der Waals surface area contributed by atoms with E-state index >= 15 is 0 Å². The molecule has 0 saturated carbocycles. The topological polar surface area (TPSA) is 35.5 Å². The van der Waals surface area contributed by atoms with Gasteiger partial charge in [0.15, 0.2) is 0 Å². The van der Waals surface area contributed by atoms with Crippen molar-refractivity contribution in [3.05, 3.63) is 84.9 Å². The minimum Gasteiger partial charge on any atom is -0.416 e. The van der Waals surface area contributed by atoms with Gasteiger partial charge in [-0.2, -0.15) is 0 Å². The molecule has 0 aromatic heterocycles. The van der Waals surface area contributed by atoms with Crippen molar-refractivity contribution >= 4 is 29.1 Å². The lowest BCUT2D eigenvalue weighted by Crippen LogP contribution is -1.99. The molecule has 4 aromatic rings. The fraction of sp³-hybridized carbons (Fsp3) is 0.0476. The van der Waals surface area contributed by atoms with E-state index in [-0.39, 0.29) is 0 Å². The normalized spacial score (nSPS) is 11.6. The summed E-state index contributed by atoms with van der Waals surface area (Å²) in [5, 5.41) is 4.28. The summed E-state index contributed by atoms with van der Waals surface area (Å²) in [6.07, 6.45) is 0. The summed E-state index contributed by atoms with van der Waals surface area (Å²) in [6, 6.07) is 27.2. The maximum atomic E-state index is 12.8. The van der Waals surface area contributed by atoms with Crippen LogP contribution in [0.2, 0.25) is 0 Å². The molecule has 0 unspecified atom stereocenters. The van der Waals surface area contributed by atoms with Crippen molar-refractivity contribution in [3.8, 4) is 11.5 Å². The van der Waals surface area contributed by atoms with Crippen molar-refractivity contribution in [2.45, 2.75) is 0 Å². The molecule has 0 bridgehead atoms. The summed E-state index contributed by atoms with van der Waals surface area (Å²) in [7, 11) is -3.29. The summed E-state index contributed by atoms with van der Waals surface area (Å²) < 4.78 is 24.1. The van der Waals surface area contributed by atoms with E-state index in [9.17, 15) is 4.57 Å². The zero-order valence-electron chi connectivity index (χ0n) is 13.8. The van der Waals surface area contributed by atoms with Gasteiger partial charge >= 0.3 is 7.60 Å². The Balaban J connectivity index is 1.58. The van der Waals surface area contributed by atoms with Gasteiger partial charge in [-0.3, -0.25) is 0 Å². The highest BCUT2D eigenvalue weighted by Crippen LogP contribution is 2.45. The van der Waals surface area contributed by atoms with E-state index < -0.39 is 7.60 Å². The van der Waals surface area contributed by atoms with Crippen molar-refractivity contribution in [2.75, 3.05) is 6.66 Å². The van der Waals surface area contributed by atoms with Crippen molar-refractivity contribution in [1.82, 2.24) is 0 Å². The SMILES string of the molecule is CP(=O)(Oc1ccc2ccccc2c1)Oc1ccc2ccccc2c1. The zero-order valence-corrected chi connectivity index (χ0v) is 14.6. The lowest BCUT2D eigenvalue weighted by atomic mass is 10.1. The highest BCUT2D eigenvalue weighted by atomic mass is 31.2. The van der Waals surface area contributed by atoms with Gasteiger partial charge in [0.05, 0.1) is 6.66 Å². The summed E-state index contributed by atoms with van der Waals surface area (Å²) in [4.78, 5) is 0. The Bertz CT molecular complexity index is 1020. The van der Waals surface area contributed by atoms with Gasteiger partial charge in [-0.25, -0.2) is 4.57 Å². The molecule has 0 aliphatic heterocycles. The van der Waals surface area contributed by atoms with Gasteiger partial charge in [0.25, 0.3) is 0 Å². The molecular formula is C21H17O3P. The Morgan fingerprint density at radius 2 is 1.00 bits per heavy atom. The first-order chi connectivity index (χ1) is 12.1. The fourth-order valence-electron chi connectivity index (χ4n) is 2.85. The van der Waals surface area contributed by atoms with Gasteiger partial charge < -0.3 is 9.05 Å². The molecule has 0 heterocycles. The standard InChI is InChI=1S/C21H17O3P/c1-25(22,23-20-12-10-16-6-2-4-8-18(16)14-20)24-21-13-11-17-7-3-5-9-19(17)15-21/h2-15H,1H3. The van der Waals surface area contributed by atoms with Gasteiger partial charge in [-0.1, -0.05) is 60.7 Å². The Labute approximate surface area is 146 Å². The minimum atomic E-state index is -3.29. The van der Waals surface area contributed by atoms with Crippen LogP contribution in [0.4, 0.5) is 0 Å². The zero-order chi connectivity index (χ0) is 17.3. The van der Waals surface area contributed by atoms with Crippen molar-refractivity contribution in [1.29, 1.82) is 0 Å². The van der Waals surface area contributed by atoms with E-state index in [4.69, 9.17) is 9.05 Å². The van der Waals surface area contributed by atoms with Crippen LogP contribution in [0.3, 0.4) is 0 Å². The number of hydrogen-bond donors (Lipinski definition) is 0. The summed E-state index contributed by atoms with van der Waals surface area (Å²) in [6.45, 7) is 1.48. The maximum absolute atomic E-state index is 12.8. The molecule has 4 rings (SSSR count). The molecule has 0 fully saturated rings. The Morgan fingerprint density at radius 3 is 1.44 bits per heavy atom.